The molecule has 548 valence electrons. The highest BCUT2D eigenvalue weighted by atomic mass is 79.9. The van der Waals surface area contributed by atoms with Crippen LogP contribution in [-0.4, -0.2) is 119 Å². The molecule has 0 unspecified atom stereocenters. The van der Waals surface area contributed by atoms with Crippen molar-refractivity contribution in [2.45, 2.75) is 79.9 Å². The Hall–Kier alpha value is -7.99. The van der Waals surface area contributed by atoms with Gasteiger partial charge in [-0.15, -0.1) is 0 Å². The van der Waals surface area contributed by atoms with E-state index in [1.54, 1.807) is 12.2 Å². The summed E-state index contributed by atoms with van der Waals surface area (Å²) < 4.78 is 97.0. The summed E-state index contributed by atoms with van der Waals surface area (Å²) in [5.41, 5.74) is 9.32. The number of nitrogens with one attached hydrogen (secondary N) is 4. The maximum Gasteiger partial charge on any atom is 0.488 e. The highest BCUT2D eigenvalue weighted by molar-refractivity contribution is 7.90. The zero-order chi connectivity index (χ0) is 72.1. The molecule has 0 atom stereocenters. The zero-order valence-corrected chi connectivity index (χ0v) is 64.9. The van der Waals surface area contributed by atoms with E-state index in [-0.39, 0.29) is 169 Å². The van der Waals surface area contributed by atoms with Crippen LogP contribution in [0, 0.1) is 0 Å². The molecule has 10 rings (SSSR count). The van der Waals surface area contributed by atoms with E-state index in [4.69, 9.17) is 10.2 Å². The zero-order valence-electron chi connectivity index (χ0n) is 56.1. The standard InChI is InChI=1S/C40H40B2N4O4.C31H36N4O12S3.4BrH/c1-3-31-5-13-43(14-6-31)27-33-21-35(25-39(23-33)41(47)48)29-45-17-9-37(10-18-45)38-11-19-46(20-12-38)30-36-22-34(24-40(26-36)42(49)50)28-44-15-7-32(4-2)8-16-44;1-18(2)31(41)32-12-5-15-35-48(42,43)24-16-23(36)19-8-9-21-25(49(44,45)33-13-3-6-27(37)38)17-26(22-11-10-20(24)29(19)30(21)22)50(46,47)34-14-4-7-28(39)40;;;;/h3-26,47-50H,1-2,27-30H2;8-11,16-17,33-36H,1,3-7,12-15H2,2H3,(H,32,41)(H,37,38)(H,39,40);4*1H/q+4;;;;;/p-4. The first-order chi connectivity index (χ1) is 47.6. The van der Waals surface area contributed by atoms with Gasteiger partial charge in [0.25, 0.3) is 0 Å². The summed E-state index contributed by atoms with van der Waals surface area (Å²) in [6, 6.07) is 35.1. The van der Waals surface area contributed by atoms with E-state index in [1.165, 1.54) is 31.2 Å². The van der Waals surface area contributed by atoms with Gasteiger partial charge in [-0.1, -0.05) is 74.4 Å². The van der Waals surface area contributed by atoms with E-state index in [9.17, 15) is 64.8 Å². The molecule has 11 N–H and O–H groups in total. The van der Waals surface area contributed by atoms with Crippen molar-refractivity contribution < 1.29 is 161 Å². The van der Waals surface area contributed by atoms with Crippen LogP contribution in [0.3, 0.4) is 0 Å². The molecule has 0 fully saturated rings. The van der Waals surface area contributed by atoms with E-state index in [1.807, 2.05) is 107 Å². The number of amides is 1. The van der Waals surface area contributed by atoms with Crippen LogP contribution in [0.15, 0.2) is 211 Å². The highest BCUT2D eigenvalue weighted by Crippen LogP contribution is 2.45. The van der Waals surface area contributed by atoms with Crippen molar-refractivity contribution in [3.63, 3.8) is 0 Å². The molecule has 6 aromatic carbocycles. The third-order valence-electron chi connectivity index (χ3n) is 16.3. The first-order valence-corrected chi connectivity index (χ1v) is 36.1. The number of halogens is 4. The molecule has 0 saturated heterocycles. The van der Waals surface area contributed by atoms with Gasteiger partial charge in [0.2, 0.25) is 36.0 Å². The Morgan fingerprint density at radius 3 is 1.07 bits per heavy atom. The number of aliphatic carboxylic acids is 2. The predicted molar refractivity (Wildman–Crippen MR) is 378 cm³/mol. The lowest BCUT2D eigenvalue weighted by Crippen LogP contribution is -3.00. The molecule has 0 aliphatic carbocycles. The molecule has 33 heteroatoms. The maximum absolute atomic E-state index is 13.7. The van der Waals surface area contributed by atoms with Gasteiger partial charge in [0, 0.05) is 154 Å². The highest BCUT2D eigenvalue weighted by Gasteiger charge is 2.30. The number of benzene rings is 6. The summed E-state index contributed by atoms with van der Waals surface area (Å²) in [6.45, 7) is 14.5. The van der Waals surface area contributed by atoms with Crippen molar-refractivity contribution in [3.8, 4) is 16.9 Å². The SMILES string of the molecule is C=C(C)C(=O)NCCCNS(=O)(=O)c1cc(O)c2ccc3c(S(=O)(=O)NCCCC(=O)O)cc(S(=O)(=O)NCCCC(=O)O)c4ccc1c2c34.C=Cc1cc[n+](Cc2cc(C[n+]3ccc(-c4cc[n+](Cc5cc(C[n+]6ccc(C=C)cc6)cc(B(O)O)c5)cc4)cc3)cc(B(O)O)c2)cc1.[Br-].[Br-].[Br-].[Br-]. The van der Waals surface area contributed by atoms with Gasteiger partial charge in [0.15, 0.2) is 75.8 Å². The number of carboxylic acids is 2. The van der Waals surface area contributed by atoms with E-state index < -0.39 is 77.7 Å². The first-order valence-electron chi connectivity index (χ1n) is 31.6. The van der Waals surface area contributed by atoms with E-state index >= 15 is 0 Å². The number of sulfonamides is 3. The second-order valence-corrected chi connectivity index (χ2v) is 29.1. The van der Waals surface area contributed by atoms with Crippen molar-refractivity contribution in [2.24, 2.45) is 0 Å². The number of carbonyl (C=O) groups is 3. The van der Waals surface area contributed by atoms with Gasteiger partial charge in [0.1, 0.15) is 5.75 Å². The number of carbonyl (C=O) groups excluding carboxylic acids is 1. The van der Waals surface area contributed by atoms with Gasteiger partial charge in [0.05, 0.1) is 14.7 Å². The fourth-order valence-corrected chi connectivity index (χ4v) is 15.3. The number of pyridine rings is 4. The average Bonchev–Trinajstić information content (AvgIpc) is 0.705. The summed E-state index contributed by atoms with van der Waals surface area (Å²) in [7, 11) is -16.5. The number of hydrogen-bond acceptors (Lipinski definition) is 14. The molecule has 104 heavy (non-hydrogen) atoms. The number of phenols is 1. The van der Waals surface area contributed by atoms with E-state index in [2.05, 4.69) is 84.8 Å². The van der Waals surface area contributed by atoms with Crippen LogP contribution in [0.5, 0.6) is 5.75 Å². The van der Waals surface area contributed by atoms with Crippen LogP contribution < -0.4 is 117 Å². The molecule has 0 bridgehead atoms. The molecule has 1 amide bonds. The van der Waals surface area contributed by atoms with Crippen molar-refractivity contribution in [1.29, 1.82) is 0 Å². The lowest BCUT2D eigenvalue weighted by molar-refractivity contribution is -0.689. The van der Waals surface area contributed by atoms with Gasteiger partial charge in [-0.2, -0.15) is 0 Å². The first kappa shape index (κ1) is 86.6. The Bertz CT molecular complexity index is 4850. The van der Waals surface area contributed by atoms with Crippen LogP contribution >= 0.6 is 0 Å². The molecule has 0 radical (unpaired) electrons. The van der Waals surface area contributed by atoms with Gasteiger partial charge >= 0.3 is 26.2 Å². The largest absolute Gasteiger partial charge is 1.00 e. The minimum atomic E-state index is -4.52. The molecule has 24 nitrogen and oxygen atoms in total. The topological polar surface area (TPSA) is 359 Å². The lowest BCUT2D eigenvalue weighted by atomic mass is 9.78. The number of aromatic hydroxyl groups is 1. The molecule has 10 aromatic rings. The van der Waals surface area contributed by atoms with E-state index in [0.717, 1.165) is 56.6 Å². The summed E-state index contributed by atoms with van der Waals surface area (Å²) in [5.74, 6) is -3.18. The summed E-state index contributed by atoms with van der Waals surface area (Å²) in [4.78, 5) is 32.2. The third kappa shape index (κ3) is 22.8. The van der Waals surface area contributed by atoms with Gasteiger partial charge in [-0.05, 0) is 83.6 Å². The smallest absolute Gasteiger partial charge is 0.488 e. The van der Waals surface area contributed by atoms with Crippen molar-refractivity contribution in [3.05, 3.63) is 230 Å². The second-order valence-electron chi connectivity index (χ2n) is 23.9. The number of carboxylic acid groups (broad SMARTS) is 2. The fraction of sp³-hybridized carbons (Fsp3) is 0.197. The Morgan fingerprint density at radius 2 is 0.750 bits per heavy atom. The van der Waals surface area contributed by atoms with E-state index in [0.29, 0.717) is 37.1 Å². The minimum Gasteiger partial charge on any atom is -1.00 e. The average molecular weight is 1730 g/mol. The van der Waals surface area contributed by atoms with Crippen LogP contribution in [0.1, 0.15) is 72.4 Å². The van der Waals surface area contributed by atoms with Crippen LogP contribution in [0.25, 0.3) is 55.6 Å². The Labute approximate surface area is 645 Å². The number of phenolic OH excluding ortho intramolecular Hbond substituents is 1. The monoisotopic (exact) mass is 1730 g/mol. The van der Waals surface area contributed by atoms with Crippen LogP contribution in [-0.2, 0) is 70.6 Å². The van der Waals surface area contributed by atoms with Crippen molar-refractivity contribution in [1.82, 2.24) is 19.5 Å². The molecular weight excluding hydrogens is 1660 g/mol. The van der Waals surface area contributed by atoms with Crippen LogP contribution in [0.4, 0.5) is 0 Å². The molecule has 0 spiro atoms. The Kier molecular flexibility index (Phi) is 32.4. The molecule has 0 aliphatic rings. The summed E-state index contributed by atoms with van der Waals surface area (Å²) >= 11 is 0. The normalized spacial score (nSPS) is 11.2. The lowest BCUT2D eigenvalue weighted by Gasteiger charge is -2.20. The second kappa shape index (κ2) is 38.9. The van der Waals surface area contributed by atoms with Crippen molar-refractivity contribution in [2.75, 3.05) is 26.2 Å². The molecule has 0 saturated carbocycles. The molecule has 0 aliphatic heterocycles. The third-order valence-corrected chi connectivity index (χ3v) is 20.8. The number of rotatable bonds is 32. The van der Waals surface area contributed by atoms with Gasteiger partial charge in [-0.25, -0.2) is 57.7 Å². The van der Waals surface area contributed by atoms with Gasteiger partial charge < -0.3 is 109 Å². The number of aromatic nitrogens is 4. The molecule has 4 aromatic heterocycles. The van der Waals surface area contributed by atoms with Gasteiger partial charge in [-0.3, -0.25) is 14.4 Å². The predicted octanol–water partition coefficient (Wildman–Crippen LogP) is -8.71. The summed E-state index contributed by atoms with van der Waals surface area (Å²) in [5, 5.41) is 71.5. The van der Waals surface area contributed by atoms with Crippen molar-refractivity contribution >= 4 is 118 Å². The molecular formula is C71H76B2Br4N8O16S3. The Morgan fingerprint density at radius 1 is 0.442 bits per heavy atom. The minimum absolute atomic E-state index is 0. The summed E-state index contributed by atoms with van der Waals surface area (Å²) in [6.07, 6.45) is 19.0. The van der Waals surface area contributed by atoms with Crippen LogP contribution in [0.2, 0.25) is 0 Å². The Balaban J connectivity index is 0.000000360. The maximum atomic E-state index is 13.7. The number of nitrogens with zero attached hydrogens (tertiary/aromatic N) is 4. The fourth-order valence-electron chi connectivity index (χ4n) is 11.3. The molecule has 4 heterocycles. The number of hydrogen-bond donors (Lipinski definition) is 11. The quantitative estimate of drug-likeness (QED) is 0.00613.